The van der Waals surface area contributed by atoms with Gasteiger partial charge in [0.1, 0.15) is 6.04 Å². The summed E-state index contributed by atoms with van der Waals surface area (Å²) < 4.78 is 0. The van der Waals surface area contributed by atoms with Gasteiger partial charge in [-0.2, -0.15) is 0 Å². The van der Waals surface area contributed by atoms with Crippen LogP contribution in [0.5, 0.6) is 0 Å². The Morgan fingerprint density at radius 1 is 0.867 bits per heavy atom. The first-order valence-electron chi connectivity index (χ1n) is 10.7. The first-order chi connectivity index (χ1) is 14.6. The van der Waals surface area contributed by atoms with Gasteiger partial charge in [0.15, 0.2) is 0 Å². The average Bonchev–Trinajstić information content (AvgIpc) is 3.31. The molecule has 0 spiro atoms. The first kappa shape index (κ1) is 20.1. The maximum absolute atomic E-state index is 13.3. The zero-order valence-corrected chi connectivity index (χ0v) is 17.0. The molecule has 30 heavy (non-hydrogen) atoms. The predicted molar refractivity (Wildman–Crippen MR) is 115 cm³/mol. The molecule has 0 saturated carbocycles. The third-order valence-corrected chi connectivity index (χ3v) is 5.81. The van der Waals surface area contributed by atoms with Gasteiger partial charge in [0.2, 0.25) is 5.91 Å². The lowest BCUT2D eigenvalue weighted by Crippen LogP contribution is -2.43. The molecule has 2 aromatic carbocycles. The average molecular weight is 405 g/mol. The predicted octanol–water partition coefficient (Wildman–Crippen LogP) is 3.61. The second kappa shape index (κ2) is 9.11. The lowest BCUT2D eigenvalue weighted by Gasteiger charge is -2.34. The fourth-order valence-electron chi connectivity index (χ4n) is 4.25. The molecule has 2 saturated heterocycles. The third kappa shape index (κ3) is 4.37. The van der Waals surface area contributed by atoms with Gasteiger partial charge in [-0.1, -0.05) is 36.4 Å². The zero-order valence-electron chi connectivity index (χ0n) is 17.0. The summed E-state index contributed by atoms with van der Waals surface area (Å²) in [5.74, 6) is -0.264. The summed E-state index contributed by atoms with van der Waals surface area (Å²) in [6.07, 6.45) is 4.29. The van der Waals surface area contributed by atoms with Crippen LogP contribution < -0.4 is 5.32 Å². The van der Waals surface area contributed by atoms with E-state index < -0.39 is 6.04 Å². The number of rotatable bonds is 5. The van der Waals surface area contributed by atoms with Crippen molar-refractivity contribution >= 4 is 23.4 Å². The molecule has 2 heterocycles. The van der Waals surface area contributed by atoms with Gasteiger partial charge in [0.05, 0.1) is 0 Å². The summed E-state index contributed by atoms with van der Waals surface area (Å²) in [4.78, 5) is 42.1. The van der Waals surface area contributed by atoms with Crippen molar-refractivity contribution in [3.8, 4) is 0 Å². The minimum atomic E-state index is -0.683. The van der Waals surface area contributed by atoms with Crippen LogP contribution in [0.2, 0.25) is 0 Å². The van der Waals surface area contributed by atoms with E-state index in [2.05, 4.69) is 5.32 Å². The molecule has 0 radical (unpaired) electrons. The largest absolute Gasteiger partial charge is 0.339 e. The third-order valence-electron chi connectivity index (χ3n) is 5.81. The highest BCUT2D eigenvalue weighted by molar-refractivity contribution is 6.00. The van der Waals surface area contributed by atoms with Crippen LogP contribution in [0.3, 0.4) is 0 Å². The van der Waals surface area contributed by atoms with E-state index in [1.54, 1.807) is 29.2 Å². The van der Waals surface area contributed by atoms with Crippen molar-refractivity contribution in [3.05, 3.63) is 65.7 Å². The van der Waals surface area contributed by atoms with Crippen LogP contribution in [-0.2, 0) is 9.59 Å². The molecule has 0 aromatic heterocycles. The Labute approximate surface area is 176 Å². The summed E-state index contributed by atoms with van der Waals surface area (Å²) in [5, 5.41) is 2.94. The molecule has 2 aromatic rings. The van der Waals surface area contributed by atoms with Gasteiger partial charge in [-0.3, -0.25) is 14.4 Å². The molecular formula is C24H27N3O3. The minimum Gasteiger partial charge on any atom is -0.339 e. The van der Waals surface area contributed by atoms with Crippen LogP contribution in [0.4, 0.5) is 5.69 Å². The van der Waals surface area contributed by atoms with Crippen molar-refractivity contribution in [3.63, 3.8) is 0 Å². The van der Waals surface area contributed by atoms with E-state index in [9.17, 15) is 14.4 Å². The Morgan fingerprint density at radius 3 is 2.33 bits per heavy atom. The lowest BCUT2D eigenvalue weighted by atomic mass is 10.00. The van der Waals surface area contributed by atoms with Gasteiger partial charge in [-0.05, 0) is 49.4 Å². The molecule has 0 bridgehead atoms. The Hall–Kier alpha value is -3.15. The van der Waals surface area contributed by atoms with Crippen LogP contribution in [0.1, 0.15) is 54.1 Å². The molecule has 1 atom stereocenters. The standard InChI is InChI=1S/C24H27N3O3/c28-21-13-4-5-16-27(21)22(18-9-2-1-3-10-18)23(29)25-20-12-8-11-19(17-20)24(30)26-14-6-7-15-26/h1-3,8-12,17,22H,4-7,13-16H2,(H,25,29). The minimum absolute atomic E-state index is 0.00298. The Balaban J connectivity index is 1.56. The molecule has 4 rings (SSSR count). The number of piperidine rings is 1. The van der Waals surface area contributed by atoms with Crippen LogP contribution in [0.15, 0.2) is 54.6 Å². The number of nitrogens with zero attached hydrogens (tertiary/aromatic N) is 2. The van der Waals surface area contributed by atoms with Crippen LogP contribution >= 0.6 is 0 Å². The normalized spacial score (nSPS) is 17.7. The number of likely N-dealkylation sites (tertiary alicyclic amines) is 2. The number of nitrogens with one attached hydrogen (secondary N) is 1. The van der Waals surface area contributed by atoms with E-state index in [1.807, 2.05) is 35.2 Å². The lowest BCUT2D eigenvalue weighted by molar-refractivity contribution is -0.141. The molecule has 6 heteroatoms. The summed E-state index contributed by atoms with van der Waals surface area (Å²) in [6, 6.07) is 15.8. The fourth-order valence-corrected chi connectivity index (χ4v) is 4.25. The number of hydrogen-bond acceptors (Lipinski definition) is 3. The van der Waals surface area contributed by atoms with Crippen molar-refractivity contribution in [1.82, 2.24) is 9.80 Å². The summed E-state index contributed by atoms with van der Waals surface area (Å²) in [5.41, 5.74) is 1.92. The van der Waals surface area contributed by atoms with Crippen LogP contribution in [-0.4, -0.2) is 47.2 Å². The van der Waals surface area contributed by atoms with E-state index in [4.69, 9.17) is 0 Å². The number of benzene rings is 2. The van der Waals surface area contributed by atoms with E-state index in [0.717, 1.165) is 44.3 Å². The molecule has 1 unspecified atom stereocenters. The number of carbonyl (C=O) groups excluding carboxylic acids is 3. The first-order valence-corrected chi connectivity index (χ1v) is 10.7. The van der Waals surface area contributed by atoms with Crippen molar-refractivity contribution in [2.75, 3.05) is 25.0 Å². The van der Waals surface area contributed by atoms with Crippen molar-refractivity contribution in [2.24, 2.45) is 0 Å². The number of hydrogen-bond donors (Lipinski definition) is 1. The molecule has 1 N–H and O–H groups in total. The monoisotopic (exact) mass is 405 g/mol. The van der Waals surface area contributed by atoms with Crippen LogP contribution in [0, 0.1) is 0 Å². The van der Waals surface area contributed by atoms with Crippen LogP contribution in [0.25, 0.3) is 0 Å². The van der Waals surface area contributed by atoms with E-state index in [1.165, 1.54) is 0 Å². The van der Waals surface area contributed by atoms with Crippen molar-refractivity contribution < 1.29 is 14.4 Å². The smallest absolute Gasteiger partial charge is 0.253 e. The Morgan fingerprint density at radius 2 is 1.60 bits per heavy atom. The highest BCUT2D eigenvalue weighted by Crippen LogP contribution is 2.27. The zero-order chi connectivity index (χ0) is 20.9. The molecule has 3 amide bonds. The highest BCUT2D eigenvalue weighted by atomic mass is 16.2. The van der Waals surface area contributed by atoms with Gasteiger partial charge in [-0.25, -0.2) is 0 Å². The van der Waals surface area contributed by atoms with Gasteiger partial charge in [0.25, 0.3) is 11.8 Å². The maximum Gasteiger partial charge on any atom is 0.253 e. The quantitative estimate of drug-likeness (QED) is 0.826. The molecule has 2 fully saturated rings. The molecule has 2 aliphatic rings. The summed E-state index contributed by atoms with van der Waals surface area (Å²) >= 11 is 0. The van der Waals surface area contributed by atoms with Gasteiger partial charge in [0, 0.05) is 37.3 Å². The second-order valence-corrected chi connectivity index (χ2v) is 7.93. The van der Waals surface area contributed by atoms with Gasteiger partial charge in [-0.15, -0.1) is 0 Å². The highest BCUT2D eigenvalue weighted by Gasteiger charge is 2.32. The summed E-state index contributed by atoms with van der Waals surface area (Å²) in [6.45, 7) is 2.13. The van der Waals surface area contributed by atoms with E-state index >= 15 is 0 Å². The topological polar surface area (TPSA) is 69.7 Å². The number of amides is 3. The van der Waals surface area contributed by atoms with Crippen molar-refractivity contribution in [1.29, 1.82) is 0 Å². The molecule has 6 nitrogen and oxygen atoms in total. The number of anilines is 1. The molecular weight excluding hydrogens is 378 g/mol. The SMILES string of the molecule is O=C(Nc1cccc(C(=O)N2CCCC2)c1)C(c1ccccc1)N1CCCCC1=O. The maximum atomic E-state index is 13.3. The van der Waals surface area contributed by atoms with Gasteiger partial charge < -0.3 is 15.1 Å². The molecule has 0 aliphatic carbocycles. The molecule has 2 aliphatic heterocycles. The Kier molecular flexibility index (Phi) is 6.12. The molecule has 156 valence electrons. The van der Waals surface area contributed by atoms with Gasteiger partial charge >= 0.3 is 0 Å². The number of carbonyl (C=O) groups is 3. The Bertz CT molecular complexity index is 922. The summed E-state index contributed by atoms with van der Waals surface area (Å²) in [7, 11) is 0. The second-order valence-electron chi connectivity index (χ2n) is 7.93. The van der Waals surface area contributed by atoms with Crippen molar-refractivity contribution in [2.45, 2.75) is 38.1 Å². The van der Waals surface area contributed by atoms with E-state index in [0.29, 0.717) is 24.2 Å². The van der Waals surface area contributed by atoms with E-state index in [-0.39, 0.29) is 17.7 Å². The fraction of sp³-hybridized carbons (Fsp3) is 0.375.